The van der Waals surface area contributed by atoms with Gasteiger partial charge in [0.05, 0.1) is 0 Å². The molecule has 2 rings (SSSR count). The summed E-state index contributed by atoms with van der Waals surface area (Å²) < 4.78 is 0. The van der Waals surface area contributed by atoms with Gasteiger partial charge in [-0.05, 0) is 30.9 Å². The molecule has 0 aromatic carbocycles. The third kappa shape index (κ3) is 3.11. The van der Waals surface area contributed by atoms with Crippen molar-refractivity contribution in [1.82, 2.24) is 4.98 Å². The predicted octanol–water partition coefficient (Wildman–Crippen LogP) is 3.14. The summed E-state index contributed by atoms with van der Waals surface area (Å²) in [5.74, 6) is 3.01. The summed E-state index contributed by atoms with van der Waals surface area (Å²) >= 11 is 0. The molecule has 1 aliphatic heterocycles. The van der Waals surface area contributed by atoms with Crippen LogP contribution >= 0.6 is 0 Å². The van der Waals surface area contributed by atoms with Crippen LogP contribution in [-0.4, -0.2) is 25.1 Å². The van der Waals surface area contributed by atoms with Crippen molar-refractivity contribution in [2.24, 2.45) is 5.92 Å². The second-order valence-corrected chi connectivity index (χ2v) is 4.85. The lowest BCUT2D eigenvalue weighted by atomic mass is 9.92. The number of pyridine rings is 1. The predicted molar refractivity (Wildman–Crippen MR) is 73.6 cm³/mol. The van der Waals surface area contributed by atoms with Crippen LogP contribution < -0.4 is 10.2 Å². The highest BCUT2D eigenvalue weighted by Gasteiger charge is 2.19. The zero-order valence-electron chi connectivity index (χ0n) is 10.9. The third-order valence-electron chi connectivity index (χ3n) is 3.63. The summed E-state index contributed by atoms with van der Waals surface area (Å²) in [7, 11) is 1.92. The van der Waals surface area contributed by atoms with Crippen molar-refractivity contribution in [3.8, 4) is 0 Å². The molecule has 0 saturated carbocycles. The topological polar surface area (TPSA) is 28.2 Å². The fourth-order valence-electron chi connectivity index (χ4n) is 2.60. The second-order valence-electron chi connectivity index (χ2n) is 4.85. The summed E-state index contributed by atoms with van der Waals surface area (Å²) in [6.45, 7) is 4.60. The van der Waals surface area contributed by atoms with Crippen LogP contribution in [0.3, 0.4) is 0 Å². The molecule has 0 atom stereocenters. The molecule has 0 bridgehead atoms. The highest BCUT2D eigenvalue weighted by Crippen LogP contribution is 2.25. The Morgan fingerprint density at radius 3 is 2.76 bits per heavy atom. The summed E-state index contributed by atoms with van der Waals surface area (Å²) in [5, 5.41) is 3.10. The molecule has 0 spiro atoms. The van der Waals surface area contributed by atoms with Gasteiger partial charge in [0.2, 0.25) is 0 Å². The standard InChI is InChI=1S/C14H23N3/c1-3-5-12-8-10-17(11-9-12)14-7-4-6-13(15-2)16-14/h4,6-7,12H,3,5,8-11H2,1-2H3,(H,15,16). The minimum Gasteiger partial charge on any atom is -0.373 e. The van der Waals surface area contributed by atoms with Crippen molar-refractivity contribution < 1.29 is 0 Å². The molecule has 0 aliphatic carbocycles. The Morgan fingerprint density at radius 2 is 2.12 bits per heavy atom. The first-order valence-electron chi connectivity index (χ1n) is 6.73. The van der Waals surface area contributed by atoms with E-state index in [9.17, 15) is 0 Å². The number of hydrogen-bond acceptors (Lipinski definition) is 3. The highest BCUT2D eigenvalue weighted by atomic mass is 15.2. The van der Waals surface area contributed by atoms with Crippen molar-refractivity contribution in [2.75, 3.05) is 30.4 Å². The average Bonchev–Trinajstić information content (AvgIpc) is 2.40. The third-order valence-corrected chi connectivity index (χ3v) is 3.63. The molecular weight excluding hydrogens is 210 g/mol. The molecule has 0 radical (unpaired) electrons. The molecule has 3 nitrogen and oxygen atoms in total. The summed E-state index contributed by atoms with van der Waals surface area (Å²) in [6.07, 6.45) is 5.34. The van der Waals surface area contributed by atoms with E-state index in [-0.39, 0.29) is 0 Å². The number of nitrogens with one attached hydrogen (secondary N) is 1. The fraction of sp³-hybridized carbons (Fsp3) is 0.643. The Labute approximate surface area is 104 Å². The lowest BCUT2D eigenvalue weighted by Gasteiger charge is -2.32. The van der Waals surface area contributed by atoms with E-state index < -0.39 is 0 Å². The van der Waals surface area contributed by atoms with Crippen LogP contribution in [0.1, 0.15) is 32.6 Å². The number of anilines is 2. The van der Waals surface area contributed by atoms with Crippen LogP contribution in [0.4, 0.5) is 11.6 Å². The van der Waals surface area contributed by atoms with E-state index in [1.807, 2.05) is 13.1 Å². The van der Waals surface area contributed by atoms with Crippen molar-refractivity contribution in [1.29, 1.82) is 0 Å². The first-order chi connectivity index (χ1) is 8.33. The van der Waals surface area contributed by atoms with Crippen LogP contribution in [-0.2, 0) is 0 Å². The largest absolute Gasteiger partial charge is 0.373 e. The maximum absolute atomic E-state index is 4.60. The SMILES string of the molecule is CCCC1CCN(c2cccc(NC)n2)CC1. The van der Waals surface area contributed by atoms with E-state index in [1.54, 1.807) is 0 Å². The molecule has 3 heteroatoms. The van der Waals surface area contributed by atoms with E-state index >= 15 is 0 Å². The van der Waals surface area contributed by atoms with Crippen molar-refractivity contribution in [3.05, 3.63) is 18.2 Å². The number of rotatable bonds is 4. The molecule has 1 aromatic rings. The summed E-state index contributed by atoms with van der Waals surface area (Å²) in [6, 6.07) is 6.20. The van der Waals surface area contributed by atoms with Gasteiger partial charge in [-0.2, -0.15) is 0 Å². The minimum atomic E-state index is 0.934. The maximum Gasteiger partial charge on any atom is 0.130 e. The monoisotopic (exact) mass is 233 g/mol. The molecule has 17 heavy (non-hydrogen) atoms. The van der Waals surface area contributed by atoms with Gasteiger partial charge >= 0.3 is 0 Å². The molecule has 2 heterocycles. The van der Waals surface area contributed by atoms with E-state index in [4.69, 9.17) is 0 Å². The van der Waals surface area contributed by atoms with Gasteiger partial charge in [-0.1, -0.05) is 25.8 Å². The van der Waals surface area contributed by atoms with Crippen LogP contribution in [0.2, 0.25) is 0 Å². The zero-order valence-corrected chi connectivity index (χ0v) is 10.9. The molecule has 1 fully saturated rings. The Morgan fingerprint density at radius 1 is 1.35 bits per heavy atom. The first-order valence-corrected chi connectivity index (χ1v) is 6.73. The lowest BCUT2D eigenvalue weighted by molar-refractivity contribution is 0.377. The van der Waals surface area contributed by atoms with E-state index in [1.165, 1.54) is 25.7 Å². The summed E-state index contributed by atoms with van der Waals surface area (Å²) in [4.78, 5) is 7.01. The summed E-state index contributed by atoms with van der Waals surface area (Å²) in [5.41, 5.74) is 0. The van der Waals surface area contributed by atoms with Gasteiger partial charge < -0.3 is 10.2 Å². The number of aromatic nitrogens is 1. The molecule has 1 saturated heterocycles. The Bertz CT molecular complexity index is 343. The first kappa shape index (κ1) is 12.2. The number of hydrogen-bond donors (Lipinski definition) is 1. The Kier molecular flexibility index (Phi) is 4.24. The van der Waals surface area contributed by atoms with Crippen LogP contribution in [0.5, 0.6) is 0 Å². The molecule has 1 aliphatic rings. The molecule has 0 amide bonds. The highest BCUT2D eigenvalue weighted by molar-refractivity contribution is 5.46. The molecule has 0 unspecified atom stereocenters. The molecule has 1 aromatic heterocycles. The lowest BCUT2D eigenvalue weighted by Crippen LogP contribution is -2.34. The minimum absolute atomic E-state index is 0.934. The molecule has 1 N–H and O–H groups in total. The van der Waals surface area contributed by atoms with Gasteiger partial charge in [0.1, 0.15) is 11.6 Å². The second kappa shape index (κ2) is 5.89. The number of piperidine rings is 1. The zero-order chi connectivity index (χ0) is 12.1. The van der Waals surface area contributed by atoms with Crippen LogP contribution in [0.15, 0.2) is 18.2 Å². The maximum atomic E-state index is 4.60. The van der Waals surface area contributed by atoms with Gasteiger partial charge in [-0.25, -0.2) is 4.98 Å². The van der Waals surface area contributed by atoms with Crippen LogP contribution in [0.25, 0.3) is 0 Å². The molecule has 94 valence electrons. The van der Waals surface area contributed by atoms with Gasteiger partial charge in [0.15, 0.2) is 0 Å². The van der Waals surface area contributed by atoms with Gasteiger partial charge in [-0.15, -0.1) is 0 Å². The molecular formula is C14H23N3. The van der Waals surface area contributed by atoms with Crippen molar-refractivity contribution in [2.45, 2.75) is 32.6 Å². The smallest absolute Gasteiger partial charge is 0.130 e. The normalized spacial score (nSPS) is 17.2. The fourth-order valence-corrected chi connectivity index (χ4v) is 2.60. The van der Waals surface area contributed by atoms with Gasteiger partial charge in [0.25, 0.3) is 0 Å². The van der Waals surface area contributed by atoms with E-state index in [0.29, 0.717) is 0 Å². The van der Waals surface area contributed by atoms with Gasteiger partial charge in [0, 0.05) is 20.1 Å². The van der Waals surface area contributed by atoms with Crippen molar-refractivity contribution in [3.63, 3.8) is 0 Å². The van der Waals surface area contributed by atoms with Crippen molar-refractivity contribution >= 4 is 11.6 Å². The van der Waals surface area contributed by atoms with Gasteiger partial charge in [-0.3, -0.25) is 0 Å². The van der Waals surface area contributed by atoms with Crippen LogP contribution in [0, 0.1) is 5.92 Å². The number of nitrogens with zero attached hydrogens (tertiary/aromatic N) is 2. The quantitative estimate of drug-likeness (QED) is 0.866. The average molecular weight is 233 g/mol. The Hall–Kier alpha value is -1.25. The Balaban J connectivity index is 1.95. The van der Waals surface area contributed by atoms with E-state index in [0.717, 1.165) is 30.6 Å². The van der Waals surface area contributed by atoms with E-state index in [2.05, 4.69) is 34.3 Å².